The molecule has 2 nitrogen and oxygen atoms in total. The topological polar surface area (TPSA) is 20.3 Å². The zero-order valence-electron chi connectivity index (χ0n) is 10.8. The first-order valence-electron chi connectivity index (χ1n) is 6.32. The summed E-state index contributed by atoms with van der Waals surface area (Å²) in [5.41, 5.74) is 0.182. The van der Waals surface area contributed by atoms with Crippen molar-refractivity contribution in [3.63, 3.8) is 0 Å². The molecule has 1 unspecified atom stereocenters. The number of amides is 1. The second-order valence-electron chi connectivity index (χ2n) is 5.71. The van der Waals surface area contributed by atoms with Crippen LogP contribution in [0.5, 0.6) is 0 Å². The molecule has 1 heterocycles. The van der Waals surface area contributed by atoms with Crippen LogP contribution in [-0.2, 0) is 4.79 Å². The second kappa shape index (κ2) is 6.04. The SMILES string of the molecule is CCC1CCC(=O)N(CC(C)(C)CBr)CC1. The zero-order valence-corrected chi connectivity index (χ0v) is 12.3. The van der Waals surface area contributed by atoms with Gasteiger partial charge < -0.3 is 4.90 Å². The van der Waals surface area contributed by atoms with Crippen LogP contribution in [0.4, 0.5) is 0 Å². The fourth-order valence-electron chi connectivity index (χ4n) is 2.23. The van der Waals surface area contributed by atoms with Crippen LogP contribution in [0, 0.1) is 11.3 Å². The smallest absolute Gasteiger partial charge is 0.222 e. The van der Waals surface area contributed by atoms with E-state index in [1.807, 2.05) is 0 Å². The van der Waals surface area contributed by atoms with Gasteiger partial charge in [-0.25, -0.2) is 0 Å². The van der Waals surface area contributed by atoms with Crippen molar-refractivity contribution in [2.75, 3.05) is 18.4 Å². The van der Waals surface area contributed by atoms with E-state index in [-0.39, 0.29) is 5.41 Å². The normalized spacial score (nSPS) is 23.4. The Morgan fingerprint density at radius 3 is 2.69 bits per heavy atom. The first kappa shape index (κ1) is 14.0. The van der Waals surface area contributed by atoms with Crippen LogP contribution in [0.1, 0.15) is 46.5 Å². The fourth-order valence-corrected chi connectivity index (χ4v) is 2.40. The van der Waals surface area contributed by atoms with Crippen molar-refractivity contribution in [1.29, 1.82) is 0 Å². The summed E-state index contributed by atoms with van der Waals surface area (Å²) in [5.74, 6) is 1.10. The molecule has 0 aromatic carbocycles. The van der Waals surface area contributed by atoms with E-state index in [2.05, 4.69) is 41.6 Å². The third-order valence-corrected chi connectivity index (χ3v) is 5.00. The number of carbonyl (C=O) groups is 1. The molecule has 16 heavy (non-hydrogen) atoms. The number of alkyl halides is 1. The van der Waals surface area contributed by atoms with Crippen molar-refractivity contribution < 1.29 is 4.79 Å². The highest BCUT2D eigenvalue weighted by Gasteiger charge is 2.26. The standard InChI is InChI=1S/C13H24BrNO/c1-4-11-5-6-12(16)15(8-7-11)10-13(2,3)9-14/h11H,4-10H2,1-3H3. The highest BCUT2D eigenvalue weighted by molar-refractivity contribution is 9.09. The molecule has 0 aromatic rings. The predicted molar refractivity (Wildman–Crippen MR) is 71.8 cm³/mol. The monoisotopic (exact) mass is 289 g/mol. The van der Waals surface area contributed by atoms with Gasteiger partial charge in [0.25, 0.3) is 0 Å². The van der Waals surface area contributed by atoms with Crippen LogP contribution in [0.25, 0.3) is 0 Å². The molecule has 94 valence electrons. The molecule has 1 amide bonds. The van der Waals surface area contributed by atoms with Crippen LogP contribution in [-0.4, -0.2) is 29.2 Å². The van der Waals surface area contributed by atoms with Crippen molar-refractivity contribution in [3.8, 4) is 0 Å². The largest absolute Gasteiger partial charge is 0.342 e. The van der Waals surface area contributed by atoms with Crippen LogP contribution in [0.3, 0.4) is 0 Å². The molecule has 1 rings (SSSR count). The molecule has 0 bridgehead atoms. The Kier molecular flexibility index (Phi) is 5.29. The average molecular weight is 290 g/mol. The number of rotatable bonds is 4. The molecule has 1 aliphatic heterocycles. The molecule has 1 aliphatic rings. The number of nitrogens with zero attached hydrogens (tertiary/aromatic N) is 1. The summed E-state index contributed by atoms with van der Waals surface area (Å²) in [5, 5.41) is 0.945. The average Bonchev–Trinajstić information content (AvgIpc) is 2.42. The predicted octanol–water partition coefficient (Wildman–Crippen LogP) is 3.45. The summed E-state index contributed by atoms with van der Waals surface area (Å²) in [6.45, 7) is 8.48. The Bertz CT molecular complexity index is 240. The lowest BCUT2D eigenvalue weighted by molar-refractivity contribution is -0.131. The van der Waals surface area contributed by atoms with Crippen molar-refractivity contribution in [1.82, 2.24) is 4.90 Å². The maximum atomic E-state index is 12.0. The van der Waals surface area contributed by atoms with E-state index in [4.69, 9.17) is 0 Å². The Hall–Kier alpha value is -0.0500. The van der Waals surface area contributed by atoms with Crippen LogP contribution < -0.4 is 0 Å². The van der Waals surface area contributed by atoms with Gasteiger partial charge in [-0.2, -0.15) is 0 Å². The third kappa shape index (κ3) is 4.08. The Balaban J connectivity index is 2.56. The lowest BCUT2D eigenvalue weighted by atomic mass is 9.95. The lowest BCUT2D eigenvalue weighted by Crippen LogP contribution is -2.39. The third-order valence-electron chi connectivity index (χ3n) is 3.48. The summed E-state index contributed by atoms with van der Waals surface area (Å²) >= 11 is 3.52. The summed E-state index contributed by atoms with van der Waals surface area (Å²) in [6, 6.07) is 0. The molecule has 0 N–H and O–H groups in total. The van der Waals surface area contributed by atoms with Gasteiger partial charge in [0.15, 0.2) is 0 Å². The number of hydrogen-bond acceptors (Lipinski definition) is 1. The van der Waals surface area contributed by atoms with Gasteiger partial charge in [-0.1, -0.05) is 43.1 Å². The fraction of sp³-hybridized carbons (Fsp3) is 0.923. The molecule has 0 saturated carbocycles. The van der Waals surface area contributed by atoms with Gasteiger partial charge in [0, 0.05) is 24.8 Å². The van der Waals surface area contributed by atoms with Crippen molar-refractivity contribution >= 4 is 21.8 Å². The van der Waals surface area contributed by atoms with Gasteiger partial charge in [0.2, 0.25) is 5.91 Å². The van der Waals surface area contributed by atoms with E-state index >= 15 is 0 Å². The minimum atomic E-state index is 0.182. The van der Waals surface area contributed by atoms with E-state index in [1.165, 1.54) is 12.8 Å². The molecule has 3 heteroatoms. The molecule has 0 radical (unpaired) electrons. The molecule has 0 aromatic heterocycles. The van der Waals surface area contributed by atoms with Crippen molar-refractivity contribution in [3.05, 3.63) is 0 Å². The van der Waals surface area contributed by atoms with E-state index in [0.717, 1.165) is 37.2 Å². The van der Waals surface area contributed by atoms with Gasteiger partial charge in [-0.15, -0.1) is 0 Å². The Morgan fingerprint density at radius 1 is 1.44 bits per heavy atom. The van der Waals surface area contributed by atoms with Gasteiger partial charge in [-0.3, -0.25) is 4.79 Å². The quantitative estimate of drug-likeness (QED) is 0.726. The van der Waals surface area contributed by atoms with E-state index in [9.17, 15) is 4.79 Å². The number of hydrogen-bond donors (Lipinski definition) is 0. The first-order chi connectivity index (χ1) is 7.48. The van der Waals surface area contributed by atoms with Gasteiger partial charge in [-0.05, 0) is 24.2 Å². The highest BCUT2D eigenvalue weighted by Crippen LogP contribution is 2.25. The van der Waals surface area contributed by atoms with Crippen molar-refractivity contribution in [2.24, 2.45) is 11.3 Å². The zero-order chi connectivity index (χ0) is 12.2. The molecule has 0 spiro atoms. The van der Waals surface area contributed by atoms with Crippen LogP contribution in [0.15, 0.2) is 0 Å². The molecular formula is C13H24BrNO. The molecule has 1 fully saturated rings. The number of likely N-dealkylation sites (tertiary alicyclic amines) is 1. The highest BCUT2D eigenvalue weighted by atomic mass is 79.9. The van der Waals surface area contributed by atoms with Gasteiger partial charge in [0.1, 0.15) is 0 Å². The van der Waals surface area contributed by atoms with E-state index in [0.29, 0.717) is 5.91 Å². The minimum absolute atomic E-state index is 0.182. The second-order valence-corrected chi connectivity index (χ2v) is 6.28. The molecule has 1 atom stereocenters. The van der Waals surface area contributed by atoms with E-state index < -0.39 is 0 Å². The number of carbonyl (C=O) groups excluding carboxylic acids is 1. The molecular weight excluding hydrogens is 266 g/mol. The lowest BCUT2D eigenvalue weighted by Gasteiger charge is -2.30. The number of halogens is 1. The van der Waals surface area contributed by atoms with Crippen molar-refractivity contribution in [2.45, 2.75) is 46.5 Å². The molecule has 1 saturated heterocycles. The maximum Gasteiger partial charge on any atom is 0.222 e. The first-order valence-corrected chi connectivity index (χ1v) is 7.44. The summed E-state index contributed by atoms with van der Waals surface area (Å²) < 4.78 is 0. The van der Waals surface area contributed by atoms with E-state index in [1.54, 1.807) is 0 Å². The van der Waals surface area contributed by atoms with Crippen LogP contribution >= 0.6 is 15.9 Å². The molecule has 0 aliphatic carbocycles. The Morgan fingerprint density at radius 2 is 2.12 bits per heavy atom. The Labute approximate surface area is 108 Å². The summed E-state index contributed by atoms with van der Waals surface area (Å²) in [4.78, 5) is 14.0. The maximum absolute atomic E-state index is 12.0. The summed E-state index contributed by atoms with van der Waals surface area (Å²) in [6.07, 6.45) is 4.22. The van der Waals surface area contributed by atoms with Crippen LogP contribution in [0.2, 0.25) is 0 Å². The summed E-state index contributed by atoms with van der Waals surface area (Å²) in [7, 11) is 0. The van der Waals surface area contributed by atoms with Gasteiger partial charge in [0.05, 0.1) is 0 Å². The minimum Gasteiger partial charge on any atom is -0.342 e. The van der Waals surface area contributed by atoms with Gasteiger partial charge >= 0.3 is 0 Å².